The van der Waals surface area contributed by atoms with Crippen molar-refractivity contribution < 1.29 is 0 Å². The monoisotopic (exact) mass is 646 g/mol. The van der Waals surface area contributed by atoms with E-state index in [1.54, 1.807) is 12.4 Å². The number of pyridine rings is 1. The van der Waals surface area contributed by atoms with Crippen LogP contribution in [0, 0.1) is 0 Å². The molecular weight excluding hydrogens is 617 g/mol. The number of nitrogens with zero attached hydrogens (tertiary/aromatic N) is 4. The smallest absolute Gasteiger partial charge is 0.164 e. The molecule has 8 aromatic rings. The first-order valence-electron chi connectivity index (χ1n) is 16.3. The number of hydrogen-bond donors (Lipinski definition) is 0. The average Bonchev–Trinajstić information content (AvgIpc) is 3.50. The third kappa shape index (κ3) is 4.86. The molecule has 232 valence electrons. The summed E-state index contributed by atoms with van der Waals surface area (Å²) >= 11 is 0. The van der Waals surface area contributed by atoms with Crippen molar-refractivity contribution in [1.82, 2.24) is 19.9 Å². The van der Waals surface area contributed by atoms with Crippen LogP contribution >= 0.6 is 10.0 Å². The molecule has 3 heterocycles. The zero-order chi connectivity index (χ0) is 32.6. The van der Waals surface area contributed by atoms with Gasteiger partial charge in [-0.2, -0.15) is 0 Å². The molecule has 4 nitrogen and oxygen atoms in total. The zero-order valence-corrected chi connectivity index (χ0v) is 27.3. The summed E-state index contributed by atoms with van der Waals surface area (Å²) < 4.78 is 0. The maximum absolute atomic E-state index is 4.94. The minimum atomic E-state index is -1.71. The van der Waals surface area contributed by atoms with Gasteiger partial charge in [0.25, 0.3) is 0 Å². The van der Waals surface area contributed by atoms with Gasteiger partial charge in [0.15, 0.2) is 17.5 Å². The van der Waals surface area contributed by atoms with Crippen molar-refractivity contribution in [3.05, 3.63) is 182 Å². The number of benzene rings is 6. The topological polar surface area (TPSA) is 51.6 Å². The fourth-order valence-electron chi connectivity index (χ4n) is 6.91. The SMILES string of the molecule is c1ccc(-c2nc(-c3ccncc3)nc(-c3ccc(-c4cccc5c4-c4ccccc4S5(c4ccccc4)c4ccccc4)cc3)n2)cc1. The highest BCUT2D eigenvalue weighted by Crippen LogP contribution is 2.80. The van der Waals surface area contributed by atoms with E-state index in [1.807, 2.05) is 42.5 Å². The van der Waals surface area contributed by atoms with Crippen LogP contribution in [0.15, 0.2) is 202 Å². The van der Waals surface area contributed by atoms with Crippen molar-refractivity contribution >= 4 is 10.0 Å². The van der Waals surface area contributed by atoms with E-state index >= 15 is 0 Å². The lowest BCUT2D eigenvalue weighted by molar-refractivity contribution is 1.07. The predicted molar refractivity (Wildman–Crippen MR) is 198 cm³/mol. The van der Waals surface area contributed by atoms with Gasteiger partial charge in [-0.15, -0.1) is 10.0 Å². The van der Waals surface area contributed by atoms with E-state index in [9.17, 15) is 0 Å². The molecule has 0 unspecified atom stereocenters. The van der Waals surface area contributed by atoms with Crippen molar-refractivity contribution in [2.24, 2.45) is 0 Å². The van der Waals surface area contributed by atoms with Crippen LogP contribution in [0.25, 0.3) is 56.4 Å². The molecule has 0 saturated carbocycles. The molecule has 2 aromatic heterocycles. The molecule has 5 heteroatoms. The van der Waals surface area contributed by atoms with Gasteiger partial charge >= 0.3 is 0 Å². The van der Waals surface area contributed by atoms with E-state index in [2.05, 4.69) is 132 Å². The maximum atomic E-state index is 4.94. The van der Waals surface area contributed by atoms with Gasteiger partial charge in [0.05, 0.1) is 0 Å². The van der Waals surface area contributed by atoms with Gasteiger partial charge in [-0.25, -0.2) is 15.0 Å². The quantitative estimate of drug-likeness (QED) is 0.180. The van der Waals surface area contributed by atoms with Crippen molar-refractivity contribution in [3.63, 3.8) is 0 Å². The van der Waals surface area contributed by atoms with Gasteiger partial charge in [-0.3, -0.25) is 4.98 Å². The first-order valence-corrected chi connectivity index (χ1v) is 17.9. The summed E-state index contributed by atoms with van der Waals surface area (Å²) in [6.07, 6.45) is 3.52. The molecule has 0 atom stereocenters. The molecule has 49 heavy (non-hydrogen) atoms. The molecule has 6 aromatic carbocycles. The van der Waals surface area contributed by atoms with Crippen LogP contribution in [-0.4, -0.2) is 19.9 Å². The number of fused-ring (bicyclic) bond motifs is 3. The number of hydrogen-bond acceptors (Lipinski definition) is 4. The summed E-state index contributed by atoms with van der Waals surface area (Å²) in [5.41, 5.74) is 7.74. The molecule has 0 radical (unpaired) electrons. The second-order valence-electron chi connectivity index (χ2n) is 11.9. The largest absolute Gasteiger partial charge is 0.265 e. The molecular formula is C44H30N4S. The Morgan fingerprint density at radius 3 is 1.39 bits per heavy atom. The molecule has 0 N–H and O–H groups in total. The Bertz CT molecular complexity index is 2320. The molecule has 0 spiro atoms. The molecule has 0 saturated heterocycles. The second kappa shape index (κ2) is 12.1. The van der Waals surface area contributed by atoms with E-state index in [0.29, 0.717) is 17.5 Å². The number of aromatic nitrogens is 4. The number of rotatable bonds is 6. The van der Waals surface area contributed by atoms with Gasteiger partial charge in [0.1, 0.15) is 0 Å². The zero-order valence-electron chi connectivity index (χ0n) is 26.5. The minimum Gasteiger partial charge on any atom is -0.265 e. The first-order chi connectivity index (χ1) is 24.3. The Balaban J connectivity index is 1.20. The third-order valence-electron chi connectivity index (χ3n) is 9.10. The van der Waals surface area contributed by atoms with Crippen molar-refractivity contribution in [2.45, 2.75) is 19.6 Å². The van der Waals surface area contributed by atoms with Crippen molar-refractivity contribution in [3.8, 4) is 56.4 Å². The van der Waals surface area contributed by atoms with E-state index < -0.39 is 10.0 Å². The lowest BCUT2D eigenvalue weighted by Crippen LogP contribution is -2.01. The van der Waals surface area contributed by atoms with Gasteiger partial charge in [0, 0.05) is 54.2 Å². The van der Waals surface area contributed by atoms with Gasteiger partial charge in [0.2, 0.25) is 0 Å². The molecule has 0 fully saturated rings. The van der Waals surface area contributed by atoms with E-state index in [4.69, 9.17) is 15.0 Å². The molecule has 1 aliphatic heterocycles. The lowest BCUT2D eigenvalue weighted by Gasteiger charge is -2.39. The highest BCUT2D eigenvalue weighted by Gasteiger charge is 2.42. The van der Waals surface area contributed by atoms with E-state index in [0.717, 1.165) is 22.3 Å². The van der Waals surface area contributed by atoms with Gasteiger partial charge in [-0.1, -0.05) is 121 Å². The van der Waals surface area contributed by atoms with Crippen LogP contribution in [-0.2, 0) is 0 Å². The first kappa shape index (κ1) is 29.0. The van der Waals surface area contributed by atoms with Gasteiger partial charge in [-0.05, 0) is 65.2 Å². The Labute approximate surface area is 287 Å². The molecule has 0 amide bonds. The standard InChI is InChI=1S/C44H30N4S/c1-4-13-32(14-5-1)42-46-43(48-44(47-42)34-27-29-45-30-28-34)33-25-23-31(24-26-33)37-20-12-22-40-41(37)38-19-10-11-21-39(38)49(40,35-15-6-2-7-16-35)36-17-8-3-9-18-36/h1-30H. The maximum Gasteiger partial charge on any atom is 0.164 e. The second-order valence-corrected chi connectivity index (χ2v) is 14.9. The predicted octanol–water partition coefficient (Wildman–Crippen LogP) is 11.3. The Kier molecular flexibility index (Phi) is 7.18. The Hall–Kier alpha value is -6.17. The van der Waals surface area contributed by atoms with Crippen LogP contribution < -0.4 is 0 Å². The van der Waals surface area contributed by atoms with Crippen LogP contribution in [0.4, 0.5) is 0 Å². The summed E-state index contributed by atoms with van der Waals surface area (Å²) in [4.78, 5) is 24.3. The highest BCUT2D eigenvalue weighted by molar-refractivity contribution is 8.34. The minimum absolute atomic E-state index is 0.619. The van der Waals surface area contributed by atoms with Crippen molar-refractivity contribution in [1.29, 1.82) is 0 Å². The van der Waals surface area contributed by atoms with E-state index in [1.165, 1.54) is 36.3 Å². The van der Waals surface area contributed by atoms with Gasteiger partial charge < -0.3 is 0 Å². The fraction of sp³-hybridized carbons (Fsp3) is 0. The fourth-order valence-corrected chi connectivity index (χ4v) is 11.2. The van der Waals surface area contributed by atoms with Crippen LogP contribution in [0.5, 0.6) is 0 Å². The van der Waals surface area contributed by atoms with Crippen molar-refractivity contribution in [2.75, 3.05) is 0 Å². The summed E-state index contributed by atoms with van der Waals surface area (Å²) in [7, 11) is -1.71. The van der Waals surface area contributed by atoms with Crippen LogP contribution in [0.2, 0.25) is 0 Å². The summed E-state index contributed by atoms with van der Waals surface area (Å²) in [5, 5.41) is 0. The summed E-state index contributed by atoms with van der Waals surface area (Å²) in [5.74, 6) is 1.89. The third-order valence-corrected chi connectivity index (χ3v) is 13.1. The highest BCUT2D eigenvalue weighted by atomic mass is 32.3. The summed E-state index contributed by atoms with van der Waals surface area (Å²) in [6.45, 7) is 0. The van der Waals surface area contributed by atoms with E-state index in [-0.39, 0.29) is 0 Å². The lowest BCUT2D eigenvalue weighted by atomic mass is 9.94. The van der Waals surface area contributed by atoms with Crippen LogP contribution in [0.1, 0.15) is 0 Å². The summed E-state index contributed by atoms with van der Waals surface area (Å²) in [6, 6.07) is 60.5. The molecule has 0 bridgehead atoms. The average molecular weight is 647 g/mol. The molecule has 1 aliphatic rings. The Morgan fingerprint density at radius 2 is 0.776 bits per heavy atom. The normalized spacial score (nSPS) is 13.3. The molecule has 9 rings (SSSR count). The van der Waals surface area contributed by atoms with Crippen LogP contribution in [0.3, 0.4) is 0 Å². The Morgan fingerprint density at radius 1 is 0.327 bits per heavy atom. The molecule has 0 aliphatic carbocycles.